The van der Waals surface area contributed by atoms with E-state index in [4.69, 9.17) is 11.6 Å². The van der Waals surface area contributed by atoms with Gasteiger partial charge in [0.2, 0.25) is 10.0 Å². The molecule has 1 aliphatic rings. The molecular formula is C11H23ClN2O2S. The molecule has 6 heteroatoms. The Kier molecular flexibility index (Phi) is 5.70. The van der Waals surface area contributed by atoms with E-state index in [9.17, 15) is 8.42 Å². The lowest BCUT2D eigenvalue weighted by Gasteiger charge is -2.28. The van der Waals surface area contributed by atoms with Crippen LogP contribution in [-0.4, -0.2) is 62.0 Å². The van der Waals surface area contributed by atoms with Gasteiger partial charge in [0.25, 0.3) is 0 Å². The van der Waals surface area contributed by atoms with E-state index in [-0.39, 0.29) is 17.7 Å². The van der Waals surface area contributed by atoms with E-state index in [1.165, 1.54) is 0 Å². The Bertz CT molecular complexity index is 334. The SMILES string of the molecule is CC(CCl)CS(=O)(=O)N1CCCN(C)CC1C. The highest BCUT2D eigenvalue weighted by Gasteiger charge is 2.30. The van der Waals surface area contributed by atoms with Crippen molar-refractivity contribution in [1.29, 1.82) is 0 Å². The summed E-state index contributed by atoms with van der Waals surface area (Å²) in [6.45, 7) is 6.24. The maximum atomic E-state index is 12.3. The highest BCUT2D eigenvalue weighted by atomic mass is 35.5. The molecular weight excluding hydrogens is 260 g/mol. The molecule has 0 spiro atoms. The van der Waals surface area contributed by atoms with Crippen LogP contribution >= 0.6 is 11.6 Å². The Morgan fingerprint density at radius 2 is 2.06 bits per heavy atom. The fourth-order valence-electron chi connectivity index (χ4n) is 2.26. The molecule has 2 atom stereocenters. The zero-order valence-corrected chi connectivity index (χ0v) is 12.5. The van der Waals surface area contributed by atoms with E-state index in [1.807, 2.05) is 20.9 Å². The Hall–Kier alpha value is 0.160. The van der Waals surface area contributed by atoms with Crippen LogP contribution in [0.15, 0.2) is 0 Å². The van der Waals surface area contributed by atoms with Crippen LogP contribution in [0.3, 0.4) is 0 Å². The summed E-state index contributed by atoms with van der Waals surface area (Å²) in [6, 6.07) is 0.0509. The first-order valence-electron chi connectivity index (χ1n) is 6.11. The fraction of sp³-hybridized carbons (Fsp3) is 1.00. The number of likely N-dealkylation sites (N-methyl/N-ethyl adjacent to an activating group) is 1. The van der Waals surface area contributed by atoms with Crippen LogP contribution in [0.4, 0.5) is 0 Å². The number of hydrogen-bond donors (Lipinski definition) is 0. The van der Waals surface area contributed by atoms with Gasteiger partial charge < -0.3 is 4.90 Å². The van der Waals surface area contributed by atoms with Crippen LogP contribution in [-0.2, 0) is 10.0 Å². The second-order valence-electron chi connectivity index (χ2n) is 5.11. The number of alkyl halides is 1. The van der Waals surface area contributed by atoms with Crippen LogP contribution in [0.25, 0.3) is 0 Å². The molecule has 0 amide bonds. The quantitative estimate of drug-likeness (QED) is 0.728. The first kappa shape index (κ1) is 15.2. The molecule has 1 saturated heterocycles. The zero-order valence-electron chi connectivity index (χ0n) is 10.9. The maximum Gasteiger partial charge on any atom is 0.214 e. The zero-order chi connectivity index (χ0) is 13.1. The standard InChI is InChI=1S/C11H23ClN2O2S/c1-10(7-12)9-17(15,16)14-6-4-5-13(3)8-11(14)2/h10-11H,4-9H2,1-3H3. The van der Waals surface area contributed by atoms with Crippen LogP contribution in [0.1, 0.15) is 20.3 Å². The predicted octanol–water partition coefficient (Wildman–Crippen LogP) is 1.22. The van der Waals surface area contributed by atoms with E-state index in [0.29, 0.717) is 12.4 Å². The average Bonchev–Trinajstić information content (AvgIpc) is 2.38. The molecule has 0 bridgehead atoms. The summed E-state index contributed by atoms with van der Waals surface area (Å²) in [7, 11) is -1.13. The normalized spacial score (nSPS) is 26.7. The van der Waals surface area contributed by atoms with Crippen LogP contribution in [0.5, 0.6) is 0 Å². The Labute approximate surface area is 110 Å². The minimum atomic E-state index is -3.17. The lowest BCUT2D eigenvalue weighted by atomic mass is 10.3. The Morgan fingerprint density at radius 1 is 1.41 bits per heavy atom. The lowest BCUT2D eigenvalue weighted by molar-refractivity contribution is 0.290. The van der Waals surface area contributed by atoms with Crippen molar-refractivity contribution in [2.24, 2.45) is 5.92 Å². The third kappa shape index (κ3) is 4.39. The second kappa shape index (κ2) is 6.36. The van der Waals surface area contributed by atoms with Gasteiger partial charge in [0.05, 0.1) is 5.75 Å². The topological polar surface area (TPSA) is 40.6 Å². The maximum absolute atomic E-state index is 12.3. The molecule has 0 aliphatic carbocycles. The van der Waals surface area contributed by atoms with Gasteiger partial charge in [0.15, 0.2) is 0 Å². The van der Waals surface area contributed by atoms with E-state index in [1.54, 1.807) is 4.31 Å². The highest BCUT2D eigenvalue weighted by molar-refractivity contribution is 7.89. The van der Waals surface area contributed by atoms with Gasteiger partial charge in [-0.1, -0.05) is 6.92 Å². The van der Waals surface area contributed by atoms with Gasteiger partial charge in [0.1, 0.15) is 0 Å². The average molecular weight is 283 g/mol. The molecule has 2 unspecified atom stereocenters. The monoisotopic (exact) mass is 282 g/mol. The van der Waals surface area contributed by atoms with Crippen LogP contribution in [0.2, 0.25) is 0 Å². The molecule has 1 heterocycles. The minimum Gasteiger partial charge on any atom is -0.305 e. The van der Waals surface area contributed by atoms with Crippen molar-refractivity contribution < 1.29 is 8.42 Å². The van der Waals surface area contributed by atoms with Gasteiger partial charge in [-0.15, -0.1) is 11.6 Å². The molecule has 0 aromatic rings. The van der Waals surface area contributed by atoms with Crippen LogP contribution < -0.4 is 0 Å². The smallest absolute Gasteiger partial charge is 0.214 e. The van der Waals surface area contributed by atoms with Crippen molar-refractivity contribution in [1.82, 2.24) is 9.21 Å². The molecule has 0 aromatic carbocycles. The van der Waals surface area contributed by atoms with E-state index >= 15 is 0 Å². The lowest BCUT2D eigenvalue weighted by Crippen LogP contribution is -2.44. The van der Waals surface area contributed by atoms with E-state index < -0.39 is 10.0 Å². The molecule has 1 rings (SSSR count). The van der Waals surface area contributed by atoms with Crippen molar-refractivity contribution in [2.75, 3.05) is 38.3 Å². The summed E-state index contributed by atoms with van der Waals surface area (Å²) in [6.07, 6.45) is 0.898. The molecule has 1 fully saturated rings. The number of nitrogens with zero attached hydrogens (tertiary/aromatic N) is 2. The van der Waals surface area contributed by atoms with Crippen molar-refractivity contribution in [3.05, 3.63) is 0 Å². The number of sulfonamides is 1. The molecule has 4 nitrogen and oxygen atoms in total. The van der Waals surface area contributed by atoms with Gasteiger partial charge in [-0.3, -0.25) is 0 Å². The molecule has 1 aliphatic heterocycles. The van der Waals surface area contributed by atoms with Gasteiger partial charge in [0, 0.05) is 25.0 Å². The second-order valence-corrected chi connectivity index (χ2v) is 7.39. The van der Waals surface area contributed by atoms with Crippen LogP contribution in [0, 0.1) is 5.92 Å². The Balaban J connectivity index is 2.75. The summed E-state index contributed by atoms with van der Waals surface area (Å²) < 4.78 is 26.2. The molecule has 0 N–H and O–H groups in total. The molecule has 0 radical (unpaired) electrons. The summed E-state index contributed by atoms with van der Waals surface area (Å²) in [4.78, 5) is 2.19. The number of hydrogen-bond acceptors (Lipinski definition) is 3. The first-order chi connectivity index (χ1) is 7.86. The molecule has 0 saturated carbocycles. The summed E-state index contributed by atoms with van der Waals surface area (Å²) >= 11 is 5.70. The first-order valence-corrected chi connectivity index (χ1v) is 8.25. The van der Waals surface area contributed by atoms with Crippen molar-refractivity contribution in [3.8, 4) is 0 Å². The highest BCUT2D eigenvalue weighted by Crippen LogP contribution is 2.16. The summed E-state index contributed by atoms with van der Waals surface area (Å²) in [5.74, 6) is 0.557. The fourth-order valence-corrected chi connectivity index (χ4v) is 4.55. The van der Waals surface area contributed by atoms with E-state index in [0.717, 1.165) is 19.5 Å². The number of rotatable bonds is 4. The third-order valence-electron chi connectivity index (χ3n) is 3.10. The summed E-state index contributed by atoms with van der Waals surface area (Å²) in [5, 5.41) is 0. The Morgan fingerprint density at radius 3 is 2.65 bits per heavy atom. The van der Waals surface area contributed by atoms with Crippen molar-refractivity contribution >= 4 is 21.6 Å². The van der Waals surface area contributed by atoms with Gasteiger partial charge in [-0.05, 0) is 32.9 Å². The van der Waals surface area contributed by atoms with E-state index in [2.05, 4.69) is 4.90 Å². The molecule has 17 heavy (non-hydrogen) atoms. The van der Waals surface area contributed by atoms with Crippen molar-refractivity contribution in [3.63, 3.8) is 0 Å². The largest absolute Gasteiger partial charge is 0.305 e. The van der Waals surface area contributed by atoms with Gasteiger partial charge >= 0.3 is 0 Å². The van der Waals surface area contributed by atoms with Gasteiger partial charge in [-0.2, -0.15) is 4.31 Å². The minimum absolute atomic E-state index is 0.00912. The summed E-state index contributed by atoms with van der Waals surface area (Å²) in [5.41, 5.74) is 0. The predicted molar refractivity (Wildman–Crippen MR) is 72.0 cm³/mol. The third-order valence-corrected chi connectivity index (χ3v) is 5.88. The number of halogens is 1. The van der Waals surface area contributed by atoms with Gasteiger partial charge in [-0.25, -0.2) is 8.42 Å². The molecule has 102 valence electrons. The van der Waals surface area contributed by atoms with Crippen molar-refractivity contribution in [2.45, 2.75) is 26.3 Å². The molecule has 0 aromatic heterocycles.